The SMILES string of the molecule is COc1cc(OC)c(OC)cc1CN1CCCCC[C@H]1c1ccc(C)cc1. The molecule has 2 aromatic carbocycles. The van der Waals surface area contributed by atoms with Gasteiger partial charge in [0, 0.05) is 24.2 Å². The topological polar surface area (TPSA) is 30.9 Å². The number of nitrogens with zero attached hydrogens (tertiary/aromatic N) is 1. The highest BCUT2D eigenvalue weighted by Crippen LogP contribution is 2.38. The number of ether oxygens (including phenoxy) is 3. The van der Waals surface area contributed by atoms with Gasteiger partial charge in [-0.15, -0.1) is 0 Å². The summed E-state index contributed by atoms with van der Waals surface area (Å²) in [4.78, 5) is 2.58. The molecule has 0 saturated carbocycles. The Labute approximate surface area is 163 Å². The maximum Gasteiger partial charge on any atom is 0.164 e. The predicted octanol–water partition coefficient (Wildman–Crippen LogP) is 5.14. The molecule has 4 nitrogen and oxygen atoms in total. The molecule has 0 aromatic heterocycles. The lowest BCUT2D eigenvalue weighted by Crippen LogP contribution is -2.28. The lowest BCUT2D eigenvalue weighted by atomic mass is 9.99. The summed E-state index contributed by atoms with van der Waals surface area (Å²) in [6.07, 6.45) is 5.00. The molecule has 1 aliphatic heterocycles. The molecule has 0 radical (unpaired) electrons. The quantitative estimate of drug-likeness (QED) is 0.706. The van der Waals surface area contributed by atoms with Gasteiger partial charge >= 0.3 is 0 Å². The minimum atomic E-state index is 0.436. The molecule has 0 bridgehead atoms. The molecule has 4 heteroatoms. The van der Waals surface area contributed by atoms with Crippen LogP contribution in [0.5, 0.6) is 17.2 Å². The van der Waals surface area contributed by atoms with Crippen LogP contribution >= 0.6 is 0 Å². The molecule has 0 aliphatic carbocycles. The predicted molar refractivity (Wildman–Crippen MR) is 109 cm³/mol. The van der Waals surface area contributed by atoms with Gasteiger partial charge in [-0.2, -0.15) is 0 Å². The molecule has 1 heterocycles. The van der Waals surface area contributed by atoms with Gasteiger partial charge in [-0.05, 0) is 37.9 Å². The Morgan fingerprint density at radius 3 is 2.19 bits per heavy atom. The van der Waals surface area contributed by atoms with Crippen LogP contribution in [0.3, 0.4) is 0 Å². The number of rotatable bonds is 6. The second-order valence-electron chi connectivity index (χ2n) is 7.27. The van der Waals surface area contributed by atoms with Crippen LogP contribution in [0.25, 0.3) is 0 Å². The zero-order chi connectivity index (χ0) is 19.2. The van der Waals surface area contributed by atoms with Gasteiger partial charge in [0.05, 0.1) is 21.3 Å². The first-order chi connectivity index (χ1) is 13.2. The van der Waals surface area contributed by atoms with Crippen molar-refractivity contribution in [3.8, 4) is 17.2 Å². The molecule has 1 atom stereocenters. The summed E-state index contributed by atoms with van der Waals surface area (Å²) >= 11 is 0. The molecule has 1 fully saturated rings. The third-order valence-corrected chi connectivity index (χ3v) is 5.49. The van der Waals surface area contributed by atoms with Crippen LogP contribution in [-0.4, -0.2) is 32.8 Å². The lowest BCUT2D eigenvalue weighted by molar-refractivity contribution is 0.189. The molecule has 0 unspecified atom stereocenters. The minimum absolute atomic E-state index is 0.436. The van der Waals surface area contributed by atoms with E-state index in [1.165, 1.54) is 36.8 Å². The van der Waals surface area contributed by atoms with E-state index in [9.17, 15) is 0 Å². The smallest absolute Gasteiger partial charge is 0.164 e. The van der Waals surface area contributed by atoms with Gasteiger partial charge in [-0.25, -0.2) is 0 Å². The van der Waals surface area contributed by atoms with E-state index < -0.39 is 0 Å². The highest BCUT2D eigenvalue weighted by atomic mass is 16.5. The Morgan fingerprint density at radius 2 is 1.52 bits per heavy atom. The third-order valence-electron chi connectivity index (χ3n) is 5.49. The number of hydrogen-bond acceptors (Lipinski definition) is 4. The fourth-order valence-corrected chi connectivity index (χ4v) is 3.96. The van der Waals surface area contributed by atoms with Crippen molar-refractivity contribution in [3.05, 3.63) is 53.1 Å². The standard InChI is InChI=1S/C23H31NO3/c1-17-9-11-18(12-10-17)20-8-6-5-7-13-24(20)16-19-14-22(26-3)23(27-4)15-21(19)25-2/h9-12,14-15,20H,5-8,13,16H2,1-4H3/t20-/m0/s1. The van der Waals surface area contributed by atoms with Crippen molar-refractivity contribution in [1.29, 1.82) is 0 Å². The molecule has 1 aliphatic rings. The summed E-state index contributed by atoms with van der Waals surface area (Å²) in [5, 5.41) is 0. The Kier molecular flexibility index (Phi) is 6.62. The Morgan fingerprint density at radius 1 is 0.852 bits per heavy atom. The molecule has 0 amide bonds. The van der Waals surface area contributed by atoms with Gasteiger partial charge in [0.15, 0.2) is 11.5 Å². The summed E-state index contributed by atoms with van der Waals surface area (Å²) in [5.41, 5.74) is 3.84. The Hall–Kier alpha value is -2.20. The zero-order valence-corrected chi connectivity index (χ0v) is 17.0. The van der Waals surface area contributed by atoms with E-state index in [0.29, 0.717) is 11.8 Å². The van der Waals surface area contributed by atoms with Crippen molar-refractivity contribution in [2.45, 2.75) is 45.2 Å². The average Bonchev–Trinajstić information content (AvgIpc) is 2.93. The van der Waals surface area contributed by atoms with Gasteiger partial charge in [-0.1, -0.05) is 42.7 Å². The van der Waals surface area contributed by atoms with E-state index in [-0.39, 0.29) is 0 Å². The lowest BCUT2D eigenvalue weighted by Gasteiger charge is -2.31. The number of methoxy groups -OCH3 is 3. The van der Waals surface area contributed by atoms with Gasteiger partial charge in [0.25, 0.3) is 0 Å². The van der Waals surface area contributed by atoms with E-state index >= 15 is 0 Å². The largest absolute Gasteiger partial charge is 0.496 e. The van der Waals surface area contributed by atoms with Crippen LogP contribution in [0.1, 0.15) is 48.4 Å². The summed E-state index contributed by atoms with van der Waals surface area (Å²) in [6, 6.07) is 13.4. The second kappa shape index (κ2) is 9.14. The van der Waals surface area contributed by atoms with Gasteiger partial charge in [0.1, 0.15) is 5.75 Å². The van der Waals surface area contributed by atoms with Crippen molar-refractivity contribution in [2.24, 2.45) is 0 Å². The molecule has 2 aromatic rings. The van der Waals surface area contributed by atoms with Gasteiger partial charge in [0.2, 0.25) is 0 Å². The number of benzene rings is 2. The first-order valence-electron chi connectivity index (χ1n) is 9.75. The van der Waals surface area contributed by atoms with Crippen molar-refractivity contribution < 1.29 is 14.2 Å². The van der Waals surface area contributed by atoms with E-state index in [4.69, 9.17) is 14.2 Å². The highest BCUT2D eigenvalue weighted by molar-refractivity contribution is 5.50. The molecular weight excluding hydrogens is 338 g/mol. The van der Waals surface area contributed by atoms with E-state index in [1.54, 1.807) is 21.3 Å². The molecule has 3 rings (SSSR count). The van der Waals surface area contributed by atoms with Gasteiger partial charge < -0.3 is 14.2 Å². The molecule has 146 valence electrons. The first-order valence-corrected chi connectivity index (χ1v) is 9.75. The highest BCUT2D eigenvalue weighted by Gasteiger charge is 2.24. The van der Waals surface area contributed by atoms with Crippen molar-refractivity contribution in [2.75, 3.05) is 27.9 Å². The summed E-state index contributed by atoms with van der Waals surface area (Å²) in [6.45, 7) is 4.07. The Bertz CT molecular complexity index is 742. The average molecular weight is 370 g/mol. The fraction of sp³-hybridized carbons (Fsp3) is 0.478. The summed E-state index contributed by atoms with van der Waals surface area (Å²) in [7, 11) is 5.04. The van der Waals surface area contributed by atoms with Crippen LogP contribution < -0.4 is 14.2 Å². The van der Waals surface area contributed by atoms with E-state index in [0.717, 1.165) is 30.2 Å². The number of aryl methyl sites for hydroxylation is 1. The first kappa shape index (κ1) is 19.6. The molecular formula is C23H31NO3. The van der Waals surface area contributed by atoms with Crippen LogP contribution in [0, 0.1) is 6.92 Å². The zero-order valence-electron chi connectivity index (χ0n) is 17.0. The van der Waals surface area contributed by atoms with Crippen LogP contribution in [-0.2, 0) is 6.54 Å². The minimum Gasteiger partial charge on any atom is -0.496 e. The van der Waals surface area contributed by atoms with Crippen molar-refractivity contribution >= 4 is 0 Å². The molecule has 0 spiro atoms. The summed E-state index contributed by atoms with van der Waals surface area (Å²) < 4.78 is 16.6. The fourth-order valence-electron chi connectivity index (χ4n) is 3.96. The number of likely N-dealkylation sites (tertiary alicyclic amines) is 1. The third kappa shape index (κ3) is 4.56. The van der Waals surface area contributed by atoms with Crippen LogP contribution in [0.4, 0.5) is 0 Å². The maximum atomic E-state index is 5.65. The monoisotopic (exact) mass is 369 g/mol. The van der Waals surface area contributed by atoms with E-state index in [2.05, 4.69) is 42.2 Å². The maximum absolute atomic E-state index is 5.65. The molecule has 1 saturated heterocycles. The molecule has 0 N–H and O–H groups in total. The Balaban J connectivity index is 1.91. The molecule has 27 heavy (non-hydrogen) atoms. The van der Waals surface area contributed by atoms with Gasteiger partial charge in [-0.3, -0.25) is 4.90 Å². The van der Waals surface area contributed by atoms with Crippen LogP contribution in [0.2, 0.25) is 0 Å². The van der Waals surface area contributed by atoms with E-state index in [1.807, 2.05) is 6.07 Å². The van der Waals surface area contributed by atoms with Crippen molar-refractivity contribution in [3.63, 3.8) is 0 Å². The van der Waals surface area contributed by atoms with Crippen molar-refractivity contribution in [1.82, 2.24) is 4.90 Å². The summed E-state index contributed by atoms with van der Waals surface area (Å²) in [5.74, 6) is 2.29. The second-order valence-corrected chi connectivity index (χ2v) is 7.27. The normalized spacial score (nSPS) is 18.0. The number of hydrogen-bond donors (Lipinski definition) is 0. The van der Waals surface area contributed by atoms with Crippen LogP contribution in [0.15, 0.2) is 36.4 Å².